The van der Waals surface area contributed by atoms with Gasteiger partial charge in [-0.1, -0.05) is 19.8 Å². The molecule has 94 valence electrons. The largest absolute Gasteiger partial charge is 0.480 e. The summed E-state index contributed by atoms with van der Waals surface area (Å²) in [6, 6.07) is 0.0368. The topological polar surface area (TPSA) is 49.8 Å². The van der Waals surface area contributed by atoms with Crippen molar-refractivity contribution in [1.82, 2.24) is 4.90 Å². The van der Waals surface area contributed by atoms with Gasteiger partial charge in [-0.25, -0.2) is 0 Å². The zero-order valence-electron chi connectivity index (χ0n) is 10.3. The first-order valence-electron chi connectivity index (χ1n) is 6.19. The molecule has 1 N–H and O–H groups in total. The van der Waals surface area contributed by atoms with E-state index in [0.29, 0.717) is 6.04 Å². The second-order valence-corrected chi connectivity index (χ2v) is 4.51. The second kappa shape index (κ2) is 6.86. The monoisotopic (exact) mass is 229 g/mol. The van der Waals surface area contributed by atoms with Crippen LogP contribution >= 0.6 is 0 Å². The van der Waals surface area contributed by atoms with Crippen LogP contribution in [0.25, 0.3) is 0 Å². The van der Waals surface area contributed by atoms with E-state index in [0.717, 1.165) is 45.3 Å². The van der Waals surface area contributed by atoms with Crippen molar-refractivity contribution in [3.63, 3.8) is 0 Å². The molecule has 0 radical (unpaired) electrons. The smallest absolute Gasteiger partial charge is 0.320 e. The van der Waals surface area contributed by atoms with E-state index in [1.54, 1.807) is 0 Å². The van der Waals surface area contributed by atoms with Crippen molar-refractivity contribution in [3.8, 4) is 0 Å². The number of carbonyl (C=O) groups is 1. The fourth-order valence-corrected chi connectivity index (χ4v) is 2.25. The number of carboxylic acids is 1. The quantitative estimate of drug-likeness (QED) is 0.753. The second-order valence-electron chi connectivity index (χ2n) is 4.51. The van der Waals surface area contributed by atoms with Gasteiger partial charge in [-0.15, -0.1) is 0 Å². The molecule has 0 aromatic heterocycles. The summed E-state index contributed by atoms with van der Waals surface area (Å²) in [6.45, 7) is 3.61. The molecule has 0 aromatic rings. The van der Waals surface area contributed by atoms with E-state index < -0.39 is 5.97 Å². The molecule has 1 aliphatic rings. The summed E-state index contributed by atoms with van der Waals surface area (Å²) in [7, 11) is 1.93. The Labute approximate surface area is 97.6 Å². The summed E-state index contributed by atoms with van der Waals surface area (Å²) in [5, 5.41) is 9.23. The first-order chi connectivity index (χ1) is 7.66. The van der Waals surface area contributed by atoms with Gasteiger partial charge in [-0.2, -0.15) is 0 Å². The van der Waals surface area contributed by atoms with Gasteiger partial charge >= 0.3 is 5.97 Å². The normalized spacial score (nSPS) is 19.9. The van der Waals surface area contributed by atoms with E-state index in [9.17, 15) is 9.90 Å². The maximum absolute atomic E-state index is 11.2. The van der Waals surface area contributed by atoms with Crippen LogP contribution < -0.4 is 0 Å². The minimum Gasteiger partial charge on any atom is -0.480 e. The third-order valence-corrected chi connectivity index (χ3v) is 3.37. The lowest BCUT2D eigenvalue weighted by molar-refractivity contribution is -0.144. The maximum Gasteiger partial charge on any atom is 0.320 e. The van der Waals surface area contributed by atoms with Crippen LogP contribution in [0, 0.1) is 0 Å². The molecule has 1 heterocycles. The summed E-state index contributed by atoms with van der Waals surface area (Å²) >= 11 is 0. The Morgan fingerprint density at radius 1 is 1.50 bits per heavy atom. The molecule has 1 atom stereocenters. The first kappa shape index (κ1) is 13.5. The van der Waals surface area contributed by atoms with Crippen LogP contribution in [0.2, 0.25) is 0 Å². The highest BCUT2D eigenvalue weighted by molar-refractivity contribution is 5.73. The van der Waals surface area contributed by atoms with E-state index in [-0.39, 0.29) is 6.04 Å². The van der Waals surface area contributed by atoms with Crippen molar-refractivity contribution in [1.29, 1.82) is 0 Å². The Kier molecular flexibility index (Phi) is 5.77. The highest BCUT2D eigenvalue weighted by Gasteiger charge is 2.28. The molecule has 1 rings (SSSR count). The predicted octanol–water partition coefficient (Wildman–Crippen LogP) is 1.74. The van der Waals surface area contributed by atoms with Crippen LogP contribution in [0.15, 0.2) is 0 Å². The summed E-state index contributed by atoms with van der Waals surface area (Å²) in [5.41, 5.74) is 0. The van der Waals surface area contributed by atoms with Gasteiger partial charge in [0.2, 0.25) is 0 Å². The van der Waals surface area contributed by atoms with Gasteiger partial charge in [-0.3, -0.25) is 9.69 Å². The molecular formula is C12H23NO3. The van der Waals surface area contributed by atoms with Crippen LogP contribution in [-0.2, 0) is 9.53 Å². The number of aliphatic carboxylic acids is 1. The fourth-order valence-electron chi connectivity index (χ4n) is 2.25. The first-order valence-corrected chi connectivity index (χ1v) is 6.19. The SMILES string of the molecule is CCCCC(C(=O)O)N(C)C1CCOCC1. The zero-order chi connectivity index (χ0) is 12.0. The molecule has 0 amide bonds. The van der Waals surface area contributed by atoms with Gasteiger partial charge < -0.3 is 9.84 Å². The molecule has 0 spiro atoms. The third-order valence-electron chi connectivity index (χ3n) is 3.37. The zero-order valence-corrected chi connectivity index (χ0v) is 10.3. The van der Waals surface area contributed by atoms with Gasteiger partial charge in [0.05, 0.1) is 0 Å². The summed E-state index contributed by atoms with van der Waals surface area (Å²) in [4.78, 5) is 13.2. The van der Waals surface area contributed by atoms with Crippen molar-refractivity contribution in [2.24, 2.45) is 0 Å². The average molecular weight is 229 g/mol. The van der Waals surface area contributed by atoms with Crippen LogP contribution in [-0.4, -0.2) is 48.3 Å². The van der Waals surface area contributed by atoms with E-state index >= 15 is 0 Å². The molecule has 4 heteroatoms. The lowest BCUT2D eigenvalue weighted by Crippen LogP contribution is -2.46. The van der Waals surface area contributed by atoms with Gasteiger partial charge in [0.25, 0.3) is 0 Å². The van der Waals surface area contributed by atoms with Crippen molar-refractivity contribution < 1.29 is 14.6 Å². The van der Waals surface area contributed by atoms with Crippen LogP contribution in [0.3, 0.4) is 0 Å². The molecule has 0 aliphatic carbocycles. The highest BCUT2D eigenvalue weighted by Crippen LogP contribution is 2.18. The minimum absolute atomic E-state index is 0.331. The number of ether oxygens (including phenoxy) is 1. The van der Waals surface area contributed by atoms with Crippen molar-refractivity contribution >= 4 is 5.97 Å². The van der Waals surface area contributed by atoms with Crippen molar-refractivity contribution in [2.45, 2.75) is 51.1 Å². The van der Waals surface area contributed by atoms with Gasteiger partial charge in [0.1, 0.15) is 6.04 Å². The van der Waals surface area contributed by atoms with Crippen molar-refractivity contribution in [2.75, 3.05) is 20.3 Å². The molecular weight excluding hydrogens is 206 g/mol. The number of hydrogen-bond acceptors (Lipinski definition) is 3. The molecule has 0 bridgehead atoms. The summed E-state index contributed by atoms with van der Waals surface area (Å²) < 4.78 is 5.30. The van der Waals surface area contributed by atoms with Gasteiger partial charge in [-0.05, 0) is 26.3 Å². The average Bonchev–Trinajstić information content (AvgIpc) is 2.30. The fraction of sp³-hybridized carbons (Fsp3) is 0.917. The standard InChI is InChI=1S/C12H23NO3/c1-3-4-5-11(12(14)15)13(2)10-6-8-16-9-7-10/h10-11H,3-9H2,1-2H3,(H,14,15). The predicted molar refractivity (Wildman–Crippen MR) is 62.6 cm³/mol. The summed E-state index contributed by atoms with van der Waals surface area (Å²) in [5.74, 6) is -0.692. The van der Waals surface area contributed by atoms with E-state index in [1.165, 1.54) is 0 Å². The molecule has 1 saturated heterocycles. The molecule has 0 saturated carbocycles. The Morgan fingerprint density at radius 3 is 2.62 bits per heavy atom. The van der Waals surface area contributed by atoms with Crippen LogP contribution in [0.1, 0.15) is 39.0 Å². The van der Waals surface area contributed by atoms with Gasteiger partial charge in [0.15, 0.2) is 0 Å². The van der Waals surface area contributed by atoms with Crippen molar-refractivity contribution in [3.05, 3.63) is 0 Å². The van der Waals surface area contributed by atoms with E-state index in [1.807, 2.05) is 11.9 Å². The lowest BCUT2D eigenvalue weighted by Gasteiger charge is -2.35. The molecule has 16 heavy (non-hydrogen) atoms. The van der Waals surface area contributed by atoms with Gasteiger partial charge in [0, 0.05) is 19.3 Å². The molecule has 1 unspecified atom stereocenters. The molecule has 1 fully saturated rings. The lowest BCUT2D eigenvalue weighted by atomic mass is 10.0. The number of hydrogen-bond donors (Lipinski definition) is 1. The highest BCUT2D eigenvalue weighted by atomic mass is 16.5. The van der Waals surface area contributed by atoms with E-state index in [2.05, 4.69) is 6.92 Å². The maximum atomic E-state index is 11.2. The Morgan fingerprint density at radius 2 is 2.12 bits per heavy atom. The summed E-state index contributed by atoms with van der Waals surface area (Å²) in [6.07, 6.45) is 4.68. The van der Waals surface area contributed by atoms with E-state index in [4.69, 9.17) is 4.74 Å². The Hall–Kier alpha value is -0.610. The number of rotatable bonds is 6. The third kappa shape index (κ3) is 3.76. The number of carboxylic acid groups (broad SMARTS) is 1. The minimum atomic E-state index is -0.692. The Balaban J connectivity index is 2.50. The molecule has 1 aliphatic heterocycles. The Bertz CT molecular complexity index is 214. The number of nitrogens with zero attached hydrogens (tertiary/aromatic N) is 1. The molecule has 0 aromatic carbocycles. The number of unbranched alkanes of at least 4 members (excludes halogenated alkanes) is 1. The van der Waals surface area contributed by atoms with Crippen LogP contribution in [0.4, 0.5) is 0 Å². The molecule has 4 nitrogen and oxygen atoms in total. The number of likely N-dealkylation sites (N-methyl/N-ethyl adjacent to an activating group) is 1. The van der Waals surface area contributed by atoms with Crippen LogP contribution in [0.5, 0.6) is 0 Å².